The van der Waals surface area contributed by atoms with Crippen LogP contribution >= 0.6 is 0 Å². The molecular formula is C9H14N3. The van der Waals surface area contributed by atoms with Gasteiger partial charge in [-0.05, 0) is 12.8 Å². The predicted octanol–water partition coefficient (Wildman–Crippen LogP) is 2.04. The number of H-pyrrole nitrogens is 1. The van der Waals surface area contributed by atoms with E-state index in [1.807, 2.05) is 0 Å². The third-order valence-electron chi connectivity index (χ3n) is 2.61. The molecule has 1 radical (unpaired) electrons. The Labute approximate surface area is 72.6 Å². The van der Waals surface area contributed by atoms with Gasteiger partial charge in [0.15, 0.2) is 12.2 Å². The summed E-state index contributed by atoms with van der Waals surface area (Å²) in [6.45, 7) is 0. The summed E-state index contributed by atoms with van der Waals surface area (Å²) in [5.74, 6) is 1.56. The van der Waals surface area contributed by atoms with Gasteiger partial charge in [-0.25, -0.2) is 4.98 Å². The summed E-state index contributed by atoms with van der Waals surface area (Å²) >= 11 is 0. The molecule has 1 aromatic rings. The maximum atomic E-state index is 4.09. The van der Waals surface area contributed by atoms with Crippen molar-refractivity contribution in [3.8, 4) is 0 Å². The van der Waals surface area contributed by atoms with E-state index in [4.69, 9.17) is 0 Å². The highest BCUT2D eigenvalue weighted by atomic mass is 15.2. The van der Waals surface area contributed by atoms with Gasteiger partial charge in [-0.15, -0.1) is 0 Å². The molecule has 65 valence electrons. The van der Waals surface area contributed by atoms with Crippen LogP contribution in [0.5, 0.6) is 0 Å². The molecule has 1 aliphatic rings. The maximum absolute atomic E-state index is 4.09. The van der Waals surface area contributed by atoms with Crippen molar-refractivity contribution in [3.05, 3.63) is 12.2 Å². The lowest BCUT2D eigenvalue weighted by molar-refractivity contribution is 0.562. The molecule has 0 unspecified atom stereocenters. The Balaban J connectivity index is 2.02. The predicted molar refractivity (Wildman–Crippen MR) is 45.7 cm³/mol. The van der Waals surface area contributed by atoms with Gasteiger partial charge >= 0.3 is 0 Å². The van der Waals surface area contributed by atoms with Gasteiger partial charge in [0.05, 0.1) is 0 Å². The molecule has 1 aromatic heterocycles. The fourth-order valence-electron chi connectivity index (χ4n) is 1.91. The Bertz CT molecular complexity index is 210. The second-order valence-electron chi connectivity index (χ2n) is 3.49. The fourth-order valence-corrected chi connectivity index (χ4v) is 1.91. The van der Waals surface area contributed by atoms with E-state index >= 15 is 0 Å². The molecule has 0 saturated heterocycles. The number of nitrogens with zero attached hydrogens (tertiary/aromatic N) is 2. The van der Waals surface area contributed by atoms with E-state index < -0.39 is 0 Å². The first kappa shape index (κ1) is 7.77. The van der Waals surface area contributed by atoms with Crippen LogP contribution in [-0.2, 0) is 0 Å². The van der Waals surface area contributed by atoms with E-state index in [2.05, 4.69) is 21.5 Å². The van der Waals surface area contributed by atoms with Gasteiger partial charge in [0.2, 0.25) is 0 Å². The highest BCUT2D eigenvalue weighted by Crippen LogP contribution is 2.28. The summed E-state index contributed by atoms with van der Waals surface area (Å²) in [6, 6.07) is 0. The lowest BCUT2D eigenvalue weighted by Gasteiger charge is -2.07. The Morgan fingerprint density at radius 3 is 2.50 bits per heavy atom. The van der Waals surface area contributed by atoms with Crippen molar-refractivity contribution in [2.24, 2.45) is 0 Å². The molecule has 1 N–H and O–H groups in total. The first-order chi connectivity index (χ1) is 5.97. The minimum absolute atomic E-state index is 0.593. The molecule has 1 saturated carbocycles. The van der Waals surface area contributed by atoms with Crippen molar-refractivity contribution in [2.45, 2.75) is 44.4 Å². The van der Waals surface area contributed by atoms with E-state index in [9.17, 15) is 0 Å². The van der Waals surface area contributed by atoms with Crippen LogP contribution in [0.3, 0.4) is 0 Å². The lowest BCUT2D eigenvalue weighted by Crippen LogP contribution is -1.99. The molecule has 0 spiro atoms. The Morgan fingerprint density at radius 2 is 1.92 bits per heavy atom. The second-order valence-corrected chi connectivity index (χ2v) is 3.49. The molecule has 0 aromatic carbocycles. The van der Waals surface area contributed by atoms with Crippen LogP contribution in [0.15, 0.2) is 0 Å². The molecule has 2 rings (SSSR count). The van der Waals surface area contributed by atoms with Crippen LogP contribution in [-0.4, -0.2) is 15.2 Å². The number of rotatable bonds is 1. The largest absolute Gasteiger partial charge is 0.256 e. The van der Waals surface area contributed by atoms with Gasteiger partial charge in [-0.1, -0.05) is 25.7 Å². The normalized spacial score (nSPS) is 20.7. The standard InChI is InChI=1S/C9H14N3/c1-2-4-6-8(5-3-1)9-10-7-11-12-9/h8H,1-6H2,(H,10,11,12). The molecule has 1 fully saturated rings. The van der Waals surface area contributed by atoms with E-state index in [1.54, 1.807) is 0 Å². The number of nitrogens with one attached hydrogen (secondary N) is 1. The minimum atomic E-state index is 0.593. The Hall–Kier alpha value is -0.860. The summed E-state index contributed by atoms with van der Waals surface area (Å²) in [4.78, 5) is 4.09. The summed E-state index contributed by atoms with van der Waals surface area (Å²) < 4.78 is 0. The van der Waals surface area contributed by atoms with Crippen molar-refractivity contribution in [1.29, 1.82) is 0 Å². The third-order valence-corrected chi connectivity index (χ3v) is 2.61. The molecule has 0 amide bonds. The van der Waals surface area contributed by atoms with Crippen LogP contribution < -0.4 is 0 Å². The summed E-state index contributed by atoms with van der Waals surface area (Å²) in [6.07, 6.45) is 10.6. The zero-order valence-electron chi connectivity index (χ0n) is 7.21. The summed E-state index contributed by atoms with van der Waals surface area (Å²) in [5.41, 5.74) is 0. The lowest BCUT2D eigenvalue weighted by atomic mass is 10.00. The minimum Gasteiger partial charge on any atom is -0.256 e. The monoisotopic (exact) mass is 164 g/mol. The van der Waals surface area contributed by atoms with Gasteiger partial charge in [0.1, 0.15) is 0 Å². The number of hydrogen-bond donors (Lipinski definition) is 1. The van der Waals surface area contributed by atoms with Gasteiger partial charge in [0, 0.05) is 5.92 Å². The molecule has 1 aliphatic carbocycles. The van der Waals surface area contributed by atoms with Crippen LogP contribution in [0.4, 0.5) is 0 Å². The van der Waals surface area contributed by atoms with Crippen molar-refractivity contribution in [1.82, 2.24) is 15.2 Å². The highest BCUT2D eigenvalue weighted by Gasteiger charge is 2.16. The average Bonchev–Trinajstić information content (AvgIpc) is 2.48. The smallest absolute Gasteiger partial charge is 0.193 e. The van der Waals surface area contributed by atoms with Crippen LogP contribution in [0, 0.1) is 6.33 Å². The molecule has 3 nitrogen and oxygen atoms in total. The topological polar surface area (TPSA) is 41.6 Å². The number of aromatic amines is 1. The maximum Gasteiger partial charge on any atom is 0.193 e. The SMILES string of the molecule is [c]1nc(C2CCCCCC2)n[nH]1. The van der Waals surface area contributed by atoms with Gasteiger partial charge < -0.3 is 0 Å². The van der Waals surface area contributed by atoms with Crippen molar-refractivity contribution in [2.75, 3.05) is 0 Å². The third kappa shape index (κ3) is 1.65. The van der Waals surface area contributed by atoms with E-state index in [0.717, 1.165) is 5.82 Å². The zero-order chi connectivity index (χ0) is 8.23. The van der Waals surface area contributed by atoms with E-state index in [-0.39, 0.29) is 0 Å². The van der Waals surface area contributed by atoms with Crippen molar-refractivity contribution < 1.29 is 0 Å². The Morgan fingerprint density at radius 1 is 1.17 bits per heavy atom. The fraction of sp³-hybridized carbons (Fsp3) is 0.778. The molecule has 12 heavy (non-hydrogen) atoms. The Kier molecular flexibility index (Phi) is 2.39. The van der Waals surface area contributed by atoms with Gasteiger partial charge in [-0.2, -0.15) is 5.10 Å². The number of hydrogen-bond acceptors (Lipinski definition) is 2. The van der Waals surface area contributed by atoms with Crippen LogP contribution in [0.1, 0.15) is 50.3 Å². The van der Waals surface area contributed by atoms with Crippen LogP contribution in [0.25, 0.3) is 0 Å². The van der Waals surface area contributed by atoms with Gasteiger partial charge in [-0.3, -0.25) is 5.10 Å². The highest BCUT2D eigenvalue weighted by molar-refractivity contribution is 4.92. The van der Waals surface area contributed by atoms with Crippen LogP contribution in [0.2, 0.25) is 0 Å². The average molecular weight is 164 g/mol. The summed E-state index contributed by atoms with van der Waals surface area (Å²) in [5, 5.41) is 6.75. The first-order valence-electron chi connectivity index (χ1n) is 4.75. The van der Waals surface area contributed by atoms with Crippen molar-refractivity contribution >= 4 is 0 Å². The molecule has 0 aliphatic heterocycles. The first-order valence-corrected chi connectivity index (χ1v) is 4.75. The molecule has 3 heteroatoms. The molecule has 0 atom stereocenters. The molecule has 1 heterocycles. The molecule has 0 bridgehead atoms. The van der Waals surface area contributed by atoms with E-state index in [0.29, 0.717) is 5.92 Å². The molecular weight excluding hydrogens is 150 g/mol. The quantitative estimate of drug-likeness (QED) is 0.645. The van der Waals surface area contributed by atoms with Gasteiger partial charge in [0.25, 0.3) is 0 Å². The van der Waals surface area contributed by atoms with Crippen molar-refractivity contribution in [3.63, 3.8) is 0 Å². The second kappa shape index (κ2) is 3.70. The summed E-state index contributed by atoms with van der Waals surface area (Å²) in [7, 11) is 0. The number of aromatic nitrogens is 3. The van der Waals surface area contributed by atoms with E-state index in [1.165, 1.54) is 38.5 Å². The zero-order valence-corrected chi connectivity index (χ0v) is 7.21.